The topological polar surface area (TPSA) is 21.8 Å². The van der Waals surface area contributed by atoms with Crippen molar-refractivity contribution in [1.29, 1.82) is 0 Å². The van der Waals surface area contributed by atoms with Crippen molar-refractivity contribution in [2.45, 2.75) is 26.9 Å². The number of hydrogen-bond donors (Lipinski definition) is 0. The lowest BCUT2D eigenvalue weighted by Gasteiger charge is -2.11. The third kappa shape index (κ3) is 2.07. The molecule has 0 amide bonds. The van der Waals surface area contributed by atoms with E-state index in [9.17, 15) is 0 Å². The molecule has 14 heavy (non-hydrogen) atoms. The molecule has 0 bridgehead atoms. The molecule has 0 aliphatic carbocycles. The number of hydrogen-bond acceptors (Lipinski definition) is 2. The molecular weight excluding hydrogens is 176 g/mol. The predicted molar refractivity (Wildman–Crippen MR) is 55.9 cm³/mol. The van der Waals surface area contributed by atoms with Crippen LogP contribution >= 0.6 is 0 Å². The van der Waals surface area contributed by atoms with Gasteiger partial charge in [-0.1, -0.05) is 6.07 Å². The maximum Gasteiger partial charge on any atom is 0.122 e. The van der Waals surface area contributed by atoms with Gasteiger partial charge in [0.15, 0.2) is 0 Å². The minimum atomic E-state index is 0.329. The monoisotopic (exact) mass is 192 g/mol. The maximum atomic E-state index is 5.70. The van der Waals surface area contributed by atoms with Crippen LogP contribution in [-0.4, -0.2) is 19.3 Å². The van der Waals surface area contributed by atoms with Crippen LogP contribution in [0.25, 0.3) is 0 Å². The van der Waals surface area contributed by atoms with Crippen LogP contribution < -0.4 is 4.74 Å². The van der Waals surface area contributed by atoms with Gasteiger partial charge in [-0.05, 0) is 43.5 Å². The Bertz CT molecular complexity index is 340. The number of rotatable bonds is 3. The molecule has 0 radical (unpaired) electrons. The molecule has 0 unspecified atom stereocenters. The van der Waals surface area contributed by atoms with E-state index >= 15 is 0 Å². The van der Waals surface area contributed by atoms with Crippen molar-refractivity contribution in [1.82, 2.24) is 0 Å². The second-order valence-electron chi connectivity index (χ2n) is 3.97. The third-order valence-electron chi connectivity index (χ3n) is 2.59. The van der Waals surface area contributed by atoms with Crippen molar-refractivity contribution in [3.63, 3.8) is 0 Å². The number of ether oxygens (including phenoxy) is 2. The molecule has 1 aliphatic rings. The van der Waals surface area contributed by atoms with E-state index in [2.05, 4.69) is 32.9 Å². The highest BCUT2D eigenvalue weighted by Gasteiger charge is 2.23. The van der Waals surface area contributed by atoms with Gasteiger partial charge in [-0.15, -0.1) is 0 Å². The van der Waals surface area contributed by atoms with Crippen molar-refractivity contribution in [3.05, 3.63) is 28.8 Å². The summed E-state index contributed by atoms with van der Waals surface area (Å²) >= 11 is 0. The van der Waals surface area contributed by atoms with Crippen LogP contribution in [0.1, 0.15) is 16.7 Å². The van der Waals surface area contributed by atoms with E-state index < -0.39 is 0 Å². The van der Waals surface area contributed by atoms with Gasteiger partial charge in [0, 0.05) is 0 Å². The van der Waals surface area contributed by atoms with E-state index in [1.165, 1.54) is 16.7 Å². The van der Waals surface area contributed by atoms with E-state index in [0.717, 1.165) is 12.4 Å². The van der Waals surface area contributed by atoms with E-state index in [-0.39, 0.29) is 0 Å². The molecule has 0 spiro atoms. The van der Waals surface area contributed by atoms with Gasteiger partial charge < -0.3 is 9.47 Å². The molecule has 2 nitrogen and oxygen atoms in total. The minimum Gasteiger partial charge on any atom is -0.490 e. The molecule has 76 valence electrons. The average molecular weight is 192 g/mol. The van der Waals surface area contributed by atoms with Crippen LogP contribution in [-0.2, 0) is 4.74 Å². The Hall–Kier alpha value is -1.02. The summed E-state index contributed by atoms with van der Waals surface area (Å²) in [5.41, 5.74) is 3.77. The molecule has 0 aromatic heterocycles. The lowest BCUT2D eigenvalue weighted by molar-refractivity contribution is 0.261. The van der Waals surface area contributed by atoms with Crippen molar-refractivity contribution >= 4 is 0 Å². The van der Waals surface area contributed by atoms with Gasteiger partial charge in [-0.2, -0.15) is 0 Å². The first kappa shape index (κ1) is 9.53. The molecule has 2 rings (SSSR count). The quantitative estimate of drug-likeness (QED) is 0.686. The van der Waals surface area contributed by atoms with E-state index in [0.29, 0.717) is 12.7 Å². The maximum absolute atomic E-state index is 5.70. The van der Waals surface area contributed by atoms with Crippen LogP contribution in [0, 0.1) is 20.8 Å². The molecule has 1 atom stereocenters. The fraction of sp³-hybridized carbons (Fsp3) is 0.500. The van der Waals surface area contributed by atoms with Crippen LogP contribution in [0.15, 0.2) is 12.1 Å². The molecule has 1 aliphatic heterocycles. The summed E-state index contributed by atoms with van der Waals surface area (Å²) in [6, 6.07) is 4.26. The SMILES string of the molecule is Cc1cc(C)c(C)c(OC[C@H]2CO2)c1. The Kier molecular flexibility index (Phi) is 2.46. The zero-order valence-corrected chi connectivity index (χ0v) is 8.96. The lowest BCUT2D eigenvalue weighted by Crippen LogP contribution is -2.05. The smallest absolute Gasteiger partial charge is 0.122 e. The zero-order valence-electron chi connectivity index (χ0n) is 8.96. The second-order valence-corrected chi connectivity index (χ2v) is 3.97. The van der Waals surface area contributed by atoms with Gasteiger partial charge in [-0.25, -0.2) is 0 Å². The Morgan fingerprint density at radius 3 is 2.71 bits per heavy atom. The lowest BCUT2D eigenvalue weighted by atomic mass is 10.1. The summed E-state index contributed by atoms with van der Waals surface area (Å²) in [6.45, 7) is 7.83. The molecule has 0 N–H and O–H groups in total. The van der Waals surface area contributed by atoms with E-state index in [1.807, 2.05) is 0 Å². The van der Waals surface area contributed by atoms with Crippen LogP contribution in [0.3, 0.4) is 0 Å². The van der Waals surface area contributed by atoms with Crippen LogP contribution in [0.2, 0.25) is 0 Å². The number of benzene rings is 1. The summed E-state index contributed by atoms with van der Waals surface area (Å²) in [4.78, 5) is 0. The fourth-order valence-electron chi connectivity index (χ4n) is 1.50. The normalized spacial score (nSPS) is 19.5. The van der Waals surface area contributed by atoms with Crippen molar-refractivity contribution in [2.24, 2.45) is 0 Å². The van der Waals surface area contributed by atoms with Gasteiger partial charge in [-0.3, -0.25) is 0 Å². The van der Waals surface area contributed by atoms with Crippen molar-refractivity contribution in [2.75, 3.05) is 13.2 Å². The first-order chi connectivity index (χ1) is 6.66. The second kappa shape index (κ2) is 3.62. The van der Waals surface area contributed by atoms with Crippen LogP contribution in [0.4, 0.5) is 0 Å². The van der Waals surface area contributed by atoms with Gasteiger partial charge >= 0.3 is 0 Å². The molecule has 2 heteroatoms. The summed E-state index contributed by atoms with van der Waals surface area (Å²) < 4.78 is 10.8. The Morgan fingerprint density at radius 2 is 2.07 bits per heavy atom. The average Bonchev–Trinajstić information content (AvgIpc) is 2.92. The van der Waals surface area contributed by atoms with Gasteiger partial charge in [0.05, 0.1) is 6.61 Å². The molecule has 1 saturated heterocycles. The largest absolute Gasteiger partial charge is 0.490 e. The molecule has 1 fully saturated rings. The standard InChI is InChI=1S/C12H16O2/c1-8-4-9(2)10(3)12(5-8)14-7-11-6-13-11/h4-5,11H,6-7H2,1-3H3/t11-/m1/s1. The highest BCUT2D eigenvalue weighted by atomic mass is 16.6. The molecular formula is C12H16O2. The highest BCUT2D eigenvalue weighted by molar-refractivity contribution is 5.41. The number of epoxide rings is 1. The van der Waals surface area contributed by atoms with Crippen molar-refractivity contribution in [3.8, 4) is 5.75 Å². The zero-order chi connectivity index (χ0) is 10.1. The van der Waals surface area contributed by atoms with Gasteiger partial charge in [0.1, 0.15) is 18.5 Å². The summed E-state index contributed by atoms with van der Waals surface area (Å²) in [6.07, 6.45) is 0.329. The molecule has 1 aromatic carbocycles. The molecule has 1 aromatic rings. The molecule has 0 saturated carbocycles. The van der Waals surface area contributed by atoms with Crippen LogP contribution in [0.5, 0.6) is 5.75 Å². The van der Waals surface area contributed by atoms with Gasteiger partial charge in [0.25, 0.3) is 0 Å². The predicted octanol–water partition coefficient (Wildman–Crippen LogP) is 2.39. The minimum absolute atomic E-state index is 0.329. The summed E-state index contributed by atoms with van der Waals surface area (Å²) in [5.74, 6) is 0.998. The Balaban J connectivity index is 2.13. The van der Waals surface area contributed by atoms with E-state index in [4.69, 9.17) is 9.47 Å². The highest BCUT2D eigenvalue weighted by Crippen LogP contribution is 2.24. The van der Waals surface area contributed by atoms with Gasteiger partial charge in [0.2, 0.25) is 0 Å². The first-order valence-corrected chi connectivity index (χ1v) is 4.99. The summed E-state index contributed by atoms with van der Waals surface area (Å²) in [5, 5.41) is 0. The number of aryl methyl sites for hydroxylation is 2. The molecule has 1 heterocycles. The fourth-order valence-corrected chi connectivity index (χ4v) is 1.50. The van der Waals surface area contributed by atoms with E-state index in [1.54, 1.807) is 0 Å². The Morgan fingerprint density at radius 1 is 1.36 bits per heavy atom. The third-order valence-corrected chi connectivity index (χ3v) is 2.59. The van der Waals surface area contributed by atoms with Crippen molar-refractivity contribution < 1.29 is 9.47 Å². The first-order valence-electron chi connectivity index (χ1n) is 4.99. The summed E-state index contributed by atoms with van der Waals surface area (Å²) in [7, 11) is 0. The Labute approximate surface area is 84.8 Å².